The number of carbonyl (C=O) groups excluding carboxylic acids is 1. The number of carbonyl (C=O) groups is 1. The molecular weight excluding hydrogens is 352 g/mol. The van der Waals surface area contributed by atoms with E-state index < -0.39 is 10.0 Å². The van der Waals surface area contributed by atoms with Gasteiger partial charge in [0.1, 0.15) is 5.76 Å². The van der Waals surface area contributed by atoms with Gasteiger partial charge >= 0.3 is 0 Å². The van der Waals surface area contributed by atoms with Crippen molar-refractivity contribution in [3.05, 3.63) is 54.5 Å². The lowest BCUT2D eigenvalue weighted by Crippen LogP contribution is -2.39. The first kappa shape index (κ1) is 18.4. The maximum absolute atomic E-state index is 12.7. The molecule has 2 aromatic rings. The lowest BCUT2D eigenvalue weighted by atomic mass is 10.0. The van der Waals surface area contributed by atoms with E-state index in [0.717, 1.165) is 12.8 Å². The van der Waals surface area contributed by atoms with E-state index >= 15 is 0 Å². The third kappa shape index (κ3) is 4.42. The molecule has 1 aromatic carbocycles. The highest BCUT2D eigenvalue weighted by Gasteiger charge is 2.28. The maximum atomic E-state index is 12.7. The molecule has 0 radical (unpaired) electrons. The number of amides is 1. The first-order chi connectivity index (χ1) is 12.4. The molecule has 1 aromatic heterocycles. The minimum absolute atomic E-state index is 0.246. The van der Waals surface area contributed by atoms with Gasteiger partial charge in [-0.15, -0.1) is 0 Å². The molecule has 0 spiro atoms. The van der Waals surface area contributed by atoms with Gasteiger partial charge in [-0.05, 0) is 61.2 Å². The lowest BCUT2D eigenvalue weighted by Gasteiger charge is -2.30. The fourth-order valence-corrected chi connectivity index (χ4v) is 4.55. The predicted octanol–water partition coefficient (Wildman–Crippen LogP) is 3.35. The van der Waals surface area contributed by atoms with Crippen LogP contribution in [0.1, 0.15) is 25.5 Å². The Morgan fingerprint density at radius 1 is 1.27 bits per heavy atom. The largest absolute Gasteiger partial charge is 0.465 e. The lowest BCUT2D eigenvalue weighted by molar-refractivity contribution is -0.111. The van der Waals surface area contributed by atoms with Crippen molar-refractivity contribution in [3.8, 4) is 0 Å². The minimum atomic E-state index is -3.49. The maximum Gasteiger partial charge on any atom is 0.248 e. The van der Waals surface area contributed by atoms with Crippen molar-refractivity contribution in [3.63, 3.8) is 0 Å². The Labute approximate surface area is 153 Å². The van der Waals surface area contributed by atoms with Crippen molar-refractivity contribution in [2.45, 2.75) is 24.7 Å². The van der Waals surface area contributed by atoms with E-state index in [1.165, 1.54) is 24.5 Å². The molecule has 138 valence electrons. The van der Waals surface area contributed by atoms with E-state index in [-0.39, 0.29) is 10.8 Å². The fourth-order valence-electron chi connectivity index (χ4n) is 2.95. The summed E-state index contributed by atoms with van der Waals surface area (Å²) in [4.78, 5) is 12.2. The summed E-state index contributed by atoms with van der Waals surface area (Å²) in [7, 11) is -3.49. The van der Waals surface area contributed by atoms with Gasteiger partial charge in [0.2, 0.25) is 15.9 Å². The van der Waals surface area contributed by atoms with Crippen LogP contribution in [-0.4, -0.2) is 31.7 Å². The van der Waals surface area contributed by atoms with Gasteiger partial charge < -0.3 is 9.73 Å². The Hall–Kier alpha value is -2.38. The fraction of sp³-hybridized carbons (Fsp3) is 0.316. The average Bonchev–Trinajstić information content (AvgIpc) is 3.14. The molecule has 1 N–H and O–H groups in total. The van der Waals surface area contributed by atoms with E-state index in [9.17, 15) is 13.2 Å². The predicted molar refractivity (Wildman–Crippen MR) is 100.0 cm³/mol. The second-order valence-electron chi connectivity index (χ2n) is 6.47. The molecule has 1 atom stereocenters. The SMILES string of the molecule is CC1CCCN(S(=O)(=O)c2ccc(NC(=O)/C=C/c3ccco3)cc2)C1. The number of hydrogen-bond acceptors (Lipinski definition) is 4. The molecule has 0 aliphatic carbocycles. The summed E-state index contributed by atoms with van der Waals surface area (Å²) in [6.07, 6.45) is 6.39. The Morgan fingerprint density at radius 2 is 2.04 bits per heavy atom. The molecule has 1 fully saturated rings. The molecule has 1 aliphatic rings. The van der Waals surface area contributed by atoms with Crippen LogP contribution in [-0.2, 0) is 14.8 Å². The molecule has 1 amide bonds. The molecule has 26 heavy (non-hydrogen) atoms. The normalized spacial score (nSPS) is 18.9. The van der Waals surface area contributed by atoms with Crippen LogP contribution < -0.4 is 5.32 Å². The zero-order valence-corrected chi connectivity index (χ0v) is 15.4. The van der Waals surface area contributed by atoms with Gasteiger partial charge in [-0.1, -0.05) is 6.92 Å². The van der Waals surface area contributed by atoms with Crippen molar-refractivity contribution in [1.82, 2.24) is 4.31 Å². The van der Waals surface area contributed by atoms with Crippen LogP contribution in [0, 0.1) is 5.92 Å². The zero-order valence-electron chi connectivity index (χ0n) is 14.6. The topological polar surface area (TPSA) is 79.6 Å². The van der Waals surface area contributed by atoms with Gasteiger partial charge in [-0.25, -0.2) is 8.42 Å². The Morgan fingerprint density at radius 3 is 2.69 bits per heavy atom. The van der Waals surface area contributed by atoms with Crippen molar-refractivity contribution in [2.24, 2.45) is 5.92 Å². The number of piperidine rings is 1. The molecule has 0 bridgehead atoms. The van der Waals surface area contributed by atoms with Crippen LogP contribution in [0.5, 0.6) is 0 Å². The summed E-state index contributed by atoms with van der Waals surface area (Å²) in [6, 6.07) is 9.73. The van der Waals surface area contributed by atoms with E-state index in [2.05, 4.69) is 12.2 Å². The quantitative estimate of drug-likeness (QED) is 0.814. The molecule has 2 heterocycles. The van der Waals surface area contributed by atoms with Gasteiger partial charge in [0.25, 0.3) is 0 Å². The second-order valence-corrected chi connectivity index (χ2v) is 8.41. The third-order valence-electron chi connectivity index (χ3n) is 4.32. The summed E-state index contributed by atoms with van der Waals surface area (Å²) in [5.41, 5.74) is 0.532. The summed E-state index contributed by atoms with van der Waals surface area (Å²) >= 11 is 0. The molecule has 1 aliphatic heterocycles. The highest BCUT2D eigenvalue weighted by atomic mass is 32.2. The number of sulfonamides is 1. The highest BCUT2D eigenvalue weighted by molar-refractivity contribution is 7.89. The van der Waals surface area contributed by atoms with Crippen LogP contribution in [0.15, 0.2) is 58.1 Å². The van der Waals surface area contributed by atoms with Crippen molar-refractivity contribution in [1.29, 1.82) is 0 Å². The molecule has 1 saturated heterocycles. The third-order valence-corrected chi connectivity index (χ3v) is 6.20. The number of furan rings is 1. The van der Waals surface area contributed by atoms with E-state index in [1.54, 1.807) is 34.6 Å². The second kappa shape index (κ2) is 7.88. The van der Waals surface area contributed by atoms with Crippen LogP contribution >= 0.6 is 0 Å². The van der Waals surface area contributed by atoms with E-state index in [0.29, 0.717) is 30.5 Å². The number of benzene rings is 1. The monoisotopic (exact) mass is 374 g/mol. The van der Waals surface area contributed by atoms with Crippen molar-refractivity contribution >= 4 is 27.7 Å². The summed E-state index contributed by atoms with van der Waals surface area (Å²) in [5, 5.41) is 2.69. The van der Waals surface area contributed by atoms with Crippen LogP contribution in [0.3, 0.4) is 0 Å². The van der Waals surface area contributed by atoms with Gasteiger partial charge in [0, 0.05) is 24.9 Å². The summed E-state index contributed by atoms with van der Waals surface area (Å²) < 4.78 is 32.1. The Kier molecular flexibility index (Phi) is 5.58. The molecule has 6 nitrogen and oxygen atoms in total. The average molecular weight is 374 g/mol. The van der Waals surface area contributed by atoms with E-state index in [1.807, 2.05) is 0 Å². The molecule has 3 rings (SSSR count). The van der Waals surface area contributed by atoms with Gasteiger partial charge in [-0.3, -0.25) is 4.79 Å². The molecule has 0 saturated carbocycles. The molecular formula is C19H22N2O4S. The number of anilines is 1. The van der Waals surface area contributed by atoms with Crippen LogP contribution in [0.2, 0.25) is 0 Å². The standard InChI is InChI=1S/C19H22N2O4S/c1-15-4-2-12-21(14-15)26(23,24)18-9-6-16(7-10-18)20-19(22)11-8-17-5-3-13-25-17/h3,5-11,13,15H,2,4,12,14H2,1H3,(H,20,22)/b11-8+. The zero-order chi connectivity index (χ0) is 18.6. The first-order valence-electron chi connectivity index (χ1n) is 8.58. The summed E-state index contributed by atoms with van der Waals surface area (Å²) in [6.45, 7) is 3.18. The number of nitrogens with zero attached hydrogens (tertiary/aromatic N) is 1. The van der Waals surface area contributed by atoms with E-state index in [4.69, 9.17) is 4.42 Å². The number of nitrogens with one attached hydrogen (secondary N) is 1. The smallest absolute Gasteiger partial charge is 0.248 e. The van der Waals surface area contributed by atoms with Crippen LogP contribution in [0.25, 0.3) is 6.08 Å². The minimum Gasteiger partial charge on any atom is -0.465 e. The number of rotatable bonds is 5. The Bertz CT molecular complexity index is 871. The van der Waals surface area contributed by atoms with Gasteiger partial charge in [-0.2, -0.15) is 4.31 Å². The highest BCUT2D eigenvalue weighted by Crippen LogP contribution is 2.24. The van der Waals surface area contributed by atoms with Gasteiger partial charge in [0.05, 0.1) is 11.2 Å². The van der Waals surface area contributed by atoms with Crippen LogP contribution in [0.4, 0.5) is 5.69 Å². The number of hydrogen-bond donors (Lipinski definition) is 1. The van der Waals surface area contributed by atoms with Gasteiger partial charge in [0.15, 0.2) is 0 Å². The Balaban J connectivity index is 1.65. The molecule has 1 unspecified atom stereocenters. The van der Waals surface area contributed by atoms with Crippen molar-refractivity contribution < 1.29 is 17.6 Å². The van der Waals surface area contributed by atoms with Crippen molar-refractivity contribution in [2.75, 3.05) is 18.4 Å². The first-order valence-corrected chi connectivity index (χ1v) is 10.0. The summed E-state index contributed by atoms with van der Waals surface area (Å²) in [5.74, 6) is 0.636. The molecule has 7 heteroatoms.